The Morgan fingerprint density at radius 1 is 0.588 bits per heavy atom. The highest BCUT2D eigenvalue weighted by molar-refractivity contribution is 5.80. The number of carbonyl (C=O) groups is 2. The summed E-state index contributed by atoms with van der Waals surface area (Å²) in [7, 11) is 0. The van der Waals surface area contributed by atoms with Gasteiger partial charge in [0.15, 0.2) is 12.4 Å². The minimum Gasteiger partial charge on any atom is -0.454 e. The third kappa shape index (κ3) is 33.6. The van der Waals surface area contributed by atoms with E-state index in [4.69, 9.17) is 14.2 Å². The Hall–Kier alpha value is -2.90. The third-order valence-electron chi connectivity index (χ3n) is 12.5. The molecule has 8 atom stereocenters. The fraction of sp³-hybridized carbons (Fsp3) is 0.754. The predicted molar refractivity (Wildman–Crippen MR) is 278 cm³/mol. The van der Waals surface area contributed by atoms with Crippen molar-refractivity contribution in [2.45, 2.75) is 262 Å². The van der Waals surface area contributed by atoms with Crippen molar-refractivity contribution in [3.05, 3.63) is 72.9 Å². The largest absolute Gasteiger partial charge is 0.454 e. The summed E-state index contributed by atoms with van der Waals surface area (Å²) in [6.07, 6.45) is 45.2. The van der Waals surface area contributed by atoms with Crippen LogP contribution in [0.2, 0.25) is 0 Å². The number of unbranched alkanes of at least 4 members (excludes halogenated alkanes) is 24. The Morgan fingerprint density at radius 2 is 1.06 bits per heavy atom. The first-order valence-electron chi connectivity index (χ1n) is 27.3. The summed E-state index contributed by atoms with van der Waals surface area (Å²) >= 11 is 0. The first-order valence-corrected chi connectivity index (χ1v) is 27.3. The molecule has 0 radical (unpaired) electrons. The Kier molecular flexibility index (Phi) is 42.0. The van der Waals surface area contributed by atoms with Crippen LogP contribution in [0.5, 0.6) is 0 Å². The van der Waals surface area contributed by atoms with E-state index < -0.39 is 67.4 Å². The second-order valence-corrected chi connectivity index (χ2v) is 18.7. The van der Waals surface area contributed by atoms with Crippen molar-refractivity contribution in [2.24, 2.45) is 0 Å². The highest BCUT2D eigenvalue weighted by atomic mass is 16.7. The van der Waals surface area contributed by atoms with Gasteiger partial charge in [-0.1, -0.05) is 235 Å². The number of hydrogen-bond acceptors (Lipinski definition) is 10. The lowest BCUT2D eigenvalue weighted by Crippen LogP contribution is -2.61. The van der Waals surface area contributed by atoms with E-state index in [2.05, 4.69) is 32.2 Å². The van der Waals surface area contributed by atoms with E-state index in [1.165, 1.54) is 103 Å². The summed E-state index contributed by atoms with van der Waals surface area (Å²) < 4.78 is 17.5. The maximum atomic E-state index is 13.3. The fourth-order valence-corrected chi connectivity index (χ4v) is 8.14. The molecule has 0 bridgehead atoms. The first kappa shape index (κ1) is 63.1. The zero-order chi connectivity index (χ0) is 49.7. The standard InChI is InChI=1S/C57H99NO10/c1-4-7-10-13-16-19-22-24-26-29-32-35-38-41-44-50(61)56(65)58-48(49(60)43-40-37-34-31-28-21-18-15-12-9-6-3)47-66-57-55(54(64)53(63)51(46-59)67-57)68-52(62)45-42-39-36-33-30-27-25-23-20-17-14-11-8-5-2/h7,10,13,16,19,22,24,26,29,32,40,43,48-51,53-55,57,59-61,63-64H,4-6,8-9,11-12,14-15,17-18,20-21,23,25,27-28,30-31,33-39,41-42,44-47H2,1-3H3,(H,58,65)/b10-7+,16-13+,22-19-,26-24-,32-29+,43-40+. The number of hydrogen-bond donors (Lipinski definition) is 6. The number of ether oxygens (including phenoxy) is 3. The van der Waals surface area contributed by atoms with E-state index in [1.54, 1.807) is 6.08 Å². The molecule has 0 aromatic carbocycles. The number of nitrogens with one attached hydrogen (secondary N) is 1. The zero-order valence-electron chi connectivity index (χ0n) is 43.0. The van der Waals surface area contributed by atoms with Crippen LogP contribution in [0.3, 0.4) is 0 Å². The SMILES string of the molecule is CC/C=C/C=C/C=C\C=C/C=C/CCCCC(O)C(=O)NC(COC1OC(CO)C(O)C(O)C1OC(=O)CCCCCCCCCCCCCCCC)C(O)/C=C/CCCCCCCCCCC. The van der Waals surface area contributed by atoms with Gasteiger partial charge in [-0.2, -0.15) is 0 Å². The molecule has 11 heteroatoms. The van der Waals surface area contributed by atoms with Crippen LogP contribution in [0.25, 0.3) is 0 Å². The highest BCUT2D eigenvalue weighted by Crippen LogP contribution is 2.26. The van der Waals surface area contributed by atoms with Gasteiger partial charge in [0, 0.05) is 6.42 Å². The Bertz CT molecular complexity index is 1380. The average Bonchev–Trinajstić information content (AvgIpc) is 3.33. The maximum absolute atomic E-state index is 13.3. The van der Waals surface area contributed by atoms with Gasteiger partial charge < -0.3 is 45.1 Å². The third-order valence-corrected chi connectivity index (χ3v) is 12.5. The molecule has 1 heterocycles. The number of rotatable bonds is 44. The van der Waals surface area contributed by atoms with Crippen LogP contribution in [-0.4, -0.2) is 99.6 Å². The van der Waals surface area contributed by atoms with Crippen molar-refractivity contribution >= 4 is 11.9 Å². The highest BCUT2D eigenvalue weighted by Gasteiger charge is 2.47. The Balaban J connectivity index is 2.79. The second-order valence-electron chi connectivity index (χ2n) is 18.7. The molecule has 0 aromatic rings. The summed E-state index contributed by atoms with van der Waals surface area (Å²) in [6.45, 7) is 5.58. The minimum atomic E-state index is -1.62. The van der Waals surface area contributed by atoms with Gasteiger partial charge in [0.25, 0.3) is 0 Å². The van der Waals surface area contributed by atoms with Gasteiger partial charge in [-0.3, -0.25) is 9.59 Å². The smallest absolute Gasteiger partial charge is 0.306 e. The monoisotopic (exact) mass is 958 g/mol. The summed E-state index contributed by atoms with van der Waals surface area (Å²) in [5, 5.41) is 56.6. The van der Waals surface area contributed by atoms with Crippen molar-refractivity contribution in [3.8, 4) is 0 Å². The molecular formula is C57H99NO10. The molecule has 1 fully saturated rings. The van der Waals surface area contributed by atoms with Crippen LogP contribution in [0.1, 0.15) is 213 Å². The summed E-state index contributed by atoms with van der Waals surface area (Å²) in [5.41, 5.74) is 0. The normalized spacial score (nSPS) is 20.5. The second kappa shape index (κ2) is 45.3. The molecule has 11 nitrogen and oxygen atoms in total. The maximum Gasteiger partial charge on any atom is 0.306 e. The average molecular weight is 958 g/mol. The van der Waals surface area contributed by atoms with Crippen LogP contribution in [0.15, 0.2) is 72.9 Å². The predicted octanol–water partition coefficient (Wildman–Crippen LogP) is 11.7. The van der Waals surface area contributed by atoms with Gasteiger partial charge in [-0.15, -0.1) is 0 Å². The number of amides is 1. The van der Waals surface area contributed by atoms with Crippen molar-refractivity contribution in [3.63, 3.8) is 0 Å². The first-order chi connectivity index (χ1) is 33.2. The quantitative estimate of drug-likeness (QED) is 0.0149. The molecule has 1 aliphatic rings. The minimum absolute atomic E-state index is 0.118. The summed E-state index contributed by atoms with van der Waals surface area (Å²) in [4.78, 5) is 26.4. The molecule has 0 spiro atoms. The summed E-state index contributed by atoms with van der Waals surface area (Å²) in [5.74, 6) is -1.24. The van der Waals surface area contributed by atoms with Crippen molar-refractivity contribution in [2.75, 3.05) is 13.2 Å². The van der Waals surface area contributed by atoms with E-state index in [-0.39, 0.29) is 19.4 Å². The van der Waals surface area contributed by atoms with Gasteiger partial charge in [0.2, 0.25) is 5.91 Å². The lowest BCUT2D eigenvalue weighted by atomic mass is 9.99. The van der Waals surface area contributed by atoms with Crippen molar-refractivity contribution in [1.29, 1.82) is 0 Å². The number of esters is 1. The van der Waals surface area contributed by atoms with E-state index in [9.17, 15) is 35.1 Å². The van der Waals surface area contributed by atoms with Crippen LogP contribution in [0, 0.1) is 0 Å². The van der Waals surface area contributed by atoms with E-state index in [0.29, 0.717) is 12.8 Å². The van der Waals surface area contributed by atoms with E-state index in [0.717, 1.165) is 64.2 Å². The van der Waals surface area contributed by atoms with Crippen LogP contribution in [-0.2, 0) is 23.8 Å². The van der Waals surface area contributed by atoms with Gasteiger partial charge >= 0.3 is 5.97 Å². The van der Waals surface area contributed by atoms with Gasteiger partial charge in [0.05, 0.1) is 25.4 Å². The molecule has 1 saturated heterocycles. The molecule has 392 valence electrons. The fourth-order valence-electron chi connectivity index (χ4n) is 8.14. The van der Waals surface area contributed by atoms with Crippen LogP contribution >= 0.6 is 0 Å². The van der Waals surface area contributed by atoms with Gasteiger partial charge in [0.1, 0.15) is 24.4 Å². The number of carbonyl (C=O) groups excluding carboxylic acids is 2. The summed E-state index contributed by atoms with van der Waals surface area (Å²) in [6, 6.07) is -1.05. The number of aliphatic hydroxyl groups is 5. The topological polar surface area (TPSA) is 175 Å². The molecule has 1 rings (SSSR count). The molecule has 0 aliphatic carbocycles. The molecule has 6 N–H and O–H groups in total. The van der Waals surface area contributed by atoms with Crippen molar-refractivity contribution < 1.29 is 49.3 Å². The van der Waals surface area contributed by atoms with E-state index in [1.807, 2.05) is 60.8 Å². The zero-order valence-corrected chi connectivity index (χ0v) is 43.0. The lowest BCUT2D eigenvalue weighted by Gasteiger charge is -2.41. The van der Waals surface area contributed by atoms with E-state index >= 15 is 0 Å². The molecule has 0 saturated carbocycles. The molecule has 68 heavy (non-hydrogen) atoms. The lowest BCUT2D eigenvalue weighted by molar-refractivity contribution is -0.305. The number of allylic oxidation sites excluding steroid dienone is 11. The molecule has 1 amide bonds. The molecule has 0 aromatic heterocycles. The van der Waals surface area contributed by atoms with Crippen LogP contribution < -0.4 is 5.32 Å². The Labute approximate surface area is 413 Å². The Morgan fingerprint density at radius 3 is 1.59 bits per heavy atom. The van der Waals surface area contributed by atoms with Crippen molar-refractivity contribution in [1.82, 2.24) is 5.32 Å². The van der Waals surface area contributed by atoms with Gasteiger partial charge in [-0.25, -0.2) is 0 Å². The molecular weight excluding hydrogens is 859 g/mol. The van der Waals surface area contributed by atoms with Gasteiger partial charge in [-0.05, 0) is 44.9 Å². The molecule has 1 aliphatic heterocycles. The van der Waals surface area contributed by atoms with Crippen LogP contribution in [0.4, 0.5) is 0 Å². The molecule has 8 unspecified atom stereocenters. The number of aliphatic hydroxyl groups excluding tert-OH is 5.